The van der Waals surface area contributed by atoms with E-state index in [9.17, 15) is 4.79 Å². The lowest BCUT2D eigenvalue weighted by Gasteiger charge is -2.19. The maximum Gasteiger partial charge on any atom is 0.280 e. The second-order valence-electron chi connectivity index (χ2n) is 6.10. The second-order valence-corrected chi connectivity index (χ2v) is 7.08. The molecule has 4 rings (SSSR count). The van der Waals surface area contributed by atoms with Gasteiger partial charge in [0.25, 0.3) is 5.91 Å². The highest BCUT2D eigenvalue weighted by molar-refractivity contribution is 7.22. The van der Waals surface area contributed by atoms with Crippen LogP contribution in [-0.2, 0) is 6.54 Å². The number of benzene rings is 1. The molecule has 0 aliphatic rings. The number of fused-ring (bicyclic) bond motifs is 1. The van der Waals surface area contributed by atoms with Crippen LogP contribution < -0.4 is 9.64 Å². The molecule has 0 radical (unpaired) electrons. The minimum absolute atomic E-state index is 0.259. The zero-order chi connectivity index (χ0) is 19.5. The largest absolute Gasteiger partial charge is 0.494 e. The van der Waals surface area contributed by atoms with Gasteiger partial charge in [0.15, 0.2) is 5.13 Å². The van der Waals surface area contributed by atoms with Gasteiger partial charge in [0.1, 0.15) is 17.0 Å². The summed E-state index contributed by atoms with van der Waals surface area (Å²) in [4.78, 5) is 31.8. The molecule has 0 N–H and O–H groups in total. The molecule has 0 aliphatic carbocycles. The van der Waals surface area contributed by atoms with E-state index >= 15 is 0 Å². The number of amides is 1. The molecule has 0 unspecified atom stereocenters. The molecule has 4 aromatic rings. The summed E-state index contributed by atoms with van der Waals surface area (Å²) in [6.07, 6.45) is 7.92. The summed E-state index contributed by atoms with van der Waals surface area (Å²) in [7, 11) is 1.61. The number of ether oxygens (including phenoxy) is 1. The number of aromatic nitrogens is 4. The molecule has 0 saturated carbocycles. The van der Waals surface area contributed by atoms with E-state index in [1.165, 1.54) is 29.9 Å². The summed E-state index contributed by atoms with van der Waals surface area (Å²) in [6, 6.07) is 7.63. The first-order chi connectivity index (χ1) is 13.7. The van der Waals surface area contributed by atoms with Crippen LogP contribution in [0, 0.1) is 6.92 Å². The monoisotopic (exact) mass is 391 g/mol. The zero-order valence-electron chi connectivity index (χ0n) is 15.4. The number of methoxy groups -OCH3 is 1. The average molecular weight is 391 g/mol. The number of anilines is 1. The van der Waals surface area contributed by atoms with Gasteiger partial charge in [-0.15, -0.1) is 0 Å². The molecule has 0 saturated heterocycles. The summed E-state index contributed by atoms with van der Waals surface area (Å²) in [6.45, 7) is 2.34. The van der Waals surface area contributed by atoms with Gasteiger partial charge in [0.05, 0.1) is 24.6 Å². The Bertz CT molecular complexity index is 1120. The van der Waals surface area contributed by atoms with Crippen LogP contribution in [0.5, 0.6) is 5.75 Å². The summed E-state index contributed by atoms with van der Waals surface area (Å²) in [5.41, 5.74) is 2.97. The van der Waals surface area contributed by atoms with Crippen LogP contribution in [0.3, 0.4) is 0 Å². The van der Waals surface area contributed by atoms with E-state index in [4.69, 9.17) is 9.72 Å². The Labute approximate surface area is 165 Å². The lowest BCUT2D eigenvalue weighted by molar-refractivity contribution is 0.0980. The van der Waals surface area contributed by atoms with Crippen LogP contribution in [0.1, 0.15) is 21.6 Å². The third kappa shape index (κ3) is 3.41. The Balaban J connectivity index is 1.82. The Hall–Kier alpha value is -3.39. The summed E-state index contributed by atoms with van der Waals surface area (Å²) < 4.78 is 6.43. The third-order valence-electron chi connectivity index (χ3n) is 4.23. The van der Waals surface area contributed by atoms with Gasteiger partial charge in [0.2, 0.25) is 0 Å². The van der Waals surface area contributed by atoms with E-state index in [0.717, 1.165) is 21.3 Å². The first-order valence-electron chi connectivity index (χ1n) is 8.58. The van der Waals surface area contributed by atoms with E-state index in [2.05, 4.69) is 15.0 Å². The molecule has 0 aliphatic heterocycles. The van der Waals surface area contributed by atoms with Crippen LogP contribution in [0.15, 0.2) is 55.2 Å². The van der Waals surface area contributed by atoms with Crippen LogP contribution in [-0.4, -0.2) is 33.0 Å². The van der Waals surface area contributed by atoms with Crippen molar-refractivity contribution in [2.45, 2.75) is 13.5 Å². The molecule has 3 heterocycles. The second kappa shape index (κ2) is 7.69. The number of aryl methyl sites for hydroxylation is 1. The van der Waals surface area contributed by atoms with Gasteiger partial charge in [0, 0.05) is 24.8 Å². The highest BCUT2D eigenvalue weighted by Crippen LogP contribution is 2.37. The number of hydrogen-bond donors (Lipinski definition) is 0. The molecule has 3 aromatic heterocycles. The minimum atomic E-state index is -0.271. The SMILES string of the molecule is COc1ccc(C)c2sc(N(Cc3cccnc3)C(=O)c3cnccn3)nc12. The number of carbonyl (C=O) groups is 1. The zero-order valence-corrected chi connectivity index (χ0v) is 16.2. The third-order valence-corrected chi connectivity index (χ3v) is 5.45. The van der Waals surface area contributed by atoms with Crippen molar-refractivity contribution in [3.8, 4) is 5.75 Å². The van der Waals surface area contributed by atoms with E-state index in [1.807, 2.05) is 31.2 Å². The number of nitrogens with zero attached hydrogens (tertiary/aromatic N) is 5. The van der Waals surface area contributed by atoms with Gasteiger partial charge in [-0.3, -0.25) is 19.7 Å². The Morgan fingerprint density at radius 1 is 1.14 bits per heavy atom. The van der Waals surface area contributed by atoms with Crippen molar-refractivity contribution in [3.63, 3.8) is 0 Å². The smallest absolute Gasteiger partial charge is 0.280 e. The molecule has 1 aromatic carbocycles. The first kappa shape index (κ1) is 18.0. The van der Waals surface area contributed by atoms with Crippen LogP contribution in [0.4, 0.5) is 5.13 Å². The van der Waals surface area contributed by atoms with Crippen molar-refractivity contribution >= 4 is 32.6 Å². The van der Waals surface area contributed by atoms with Gasteiger partial charge < -0.3 is 4.74 Å². The quantitative estimate of drug-likeness (QED) is 0.517. The van der Waals surface area contributed by atoms with Crippen LogP contribution in [0.2, 0.25) is 0 Å². The normalized spacial score (nSPS) is 10.8. The number of thiazole rings is 1. The van der Waals surface area contributed by atoms with Crippen molar-refractivity contribution in [1.82, 2.24) is 19.9 Å². The summed E-state index contributed by atoms with van der Waals surface area (Å²) >= 11 is 1.45. The highest BCUT2D eigenvalue weighted by atomic mass is 32.1. The minimum Gasteiger partial charge on any atom is -0.494 e. The maximum atomic E-state index is 13.2. The fraction of sp³-hybridized carbons (Fsp3) is 0.150. The molecular weight excluding hydrogens is 374 g/mol. The van der Waals surface area contributed by atoms with Gasteiger partial charge >= 0.3 is 0 Å². The topological polar surface area (TPSA) is 81.1 Å². The molecule has 8 heteroatoms. The molecule has 28 heavy (non-hydrogen) atoms. The van der Waals surface area contributed by atoms with E-state index in [1.54, 1.807) is 24.4 Å². The lowest BCUT2D eigenvalue weighted by atomic mass is 10.2. The highest BCUT2D eigenvalue weighted by Gasteiger charge is 2.24. The molecule has 7 nitrogen and oxygen atoms in total. The Morgan fingerprint density at radius 3 is 2.71 bits per heavy atom. The van der Waals surface area contributed by atoms with Crippen LogP contribution >= 0.6 is 11.3 Å². The van der Waals surface area contributed by atoms with Crippen LogP contribution in [0.25, 0.3) is 10.2 Å². The van der Waals surface area contributed by atoms with Crippen molar-refractivity contribution in [2.75, 3.05) is 12.0 Å². The lowest BCUT2D eigenvalue weighted by Crippen LogP contribution is -2.31. The summed E-state index contributed by atoms with van der Waals surface area (Å²) in [5, 5.41) is 0.571. The predicted molar refractivity (Wildman–Crippen MR) is 108 cm³/mol. The molecule has 140 valence electrons. The van der Waals surface area contributed by atoms with Gasteiger partial charge in [-0.05, 0) is 30.2 Å². The molecule has 0 bridgehead atoms. The molecule has 1 amide bonds. The van der Waals surface area contributed by atoms with Gasteiger partial charge in [-0.1, -0.05) is 23.5 Å². The van der Waals surface area contributed by atoms with E-state index in [-0.39, 0.29) is 11.6 Å². The standard InChI is InChI=1S/C20H17N5O2S/c1-13-5-6-16(27-2)17-18(13)28-20(24-17)25(12-14-4-3-7-21-10-14)19(26)15-11-22-8-9-23-15/h3-11H,12H2,1-2H3. The van der Waals surface area contributed by atoms with Gasteiger partial charge in [-0.25, -0.2) is 9.97 Å². The van der Waals surface area contributed by atoms with Crippen molar-refractivity contribution < 1.29 is 9.53 Å². The fourth-order valence-electron chi connectivity index (χ4n) is 2.83. The molecule has 0 atom stereocenters. The number of rotatable bonds is 5. The van der Waals surface area contributed by atoms with Gasteiger partial charge in [-0.2, -0.15) is 0 Å². The summed E-state index contributed by atoms with van der Waals surface area (Å²) in [5.74, 6) is 0.406. The fourth-order valence-corrected chi connectivity index (χ4v) is 3.88. The predicted octanol–water partition coefficient (Wildman–Crippen LogP) is 3.65. The number of pyridine rings is 1. The maximum absolute atomic E-state index is 13.2. The number of hydrogen-bond acceptors (Lipinski definition) is 7. The Morgan fingerprint density at radius 2 is 2.00 bits per heavy atom. The molecular formula is C20H17N5O2S. The number of carbonyl (C=O) groups excluding carboxylic acids is 1. The van der Waals surface area contributed by atoms with Crippen molar-refractivity contribution in [1.29, 1.82) is 0 Å². The van der Waals surface area contributed by atoms with Crippen molar-refractivity contribution in [2.24, 2.45) is 0 Å². The first-order valence-corrected chi connectivity index (χ1v) is 9.40. The Kier molecular flexibility index (Phi) is 4.94. The van der Waals surface area contributed by atoms with E-state index in [0.29, 0.717) is 17.4 Å². The molecule has 0 fully saturated rings. The van der Waals surface area contributed by atoms with Crippen molar-refractivity contribution in [3.05, 3.63) is 72.1 Å². The molecule has 0 spiro atoms. The average Bonchev–Trinajstić information content (AvgIpc) is 3.19. The van der Waals surface area contributed by atoms with E-state index < -0.39 is 0 Å².